The van der Waals surface area contributed by atoms with Crippen LogP contribution in [0.15, 0.2) is 35.5 Å². The molecule has 1 radical (unpaired) electrons. The summed E-state index contributed by atoms with van der Waals surface area (Å²) in [5, 5.41) is 1.06. The third kappa shape index (κ3) is 4.93. The van der Waals surface area contributed by atoms with Crippen LogP contribution in [-0.2, 0) is 19.2 Å². The summed E-state index contributed by atoms with van der Waals surface area (Å²) in [4.78, 5) is 14.1. The molecule has 1 aromatic carbocycles. The smallest absolute Gasteiger partial charge is 0.359 e. The van der Waals surface area contributed by atoms with Gasteiger partial charge in [0, 0.05) is 18.7 Å². The van der Waals surface area contributed by atoms with Gasteiger partial charge in [0.2, 0.25) is 9.04 Å². The molecule has 0 aliphatic rings. The van der Waals surface area contributed by atoms with Crippen LogP contribution in [0, 0.1) is 13.8 Å². The highest BCUT2D eigenvalue weighted by molar-refractivity contribution is 7.98. The summed E-state index contributed by atoms with van der Waals surface area (Å²) in [5.74, 6) is 0.923. The molecule has 0 saturated heterocycles. The maximum absolute atomic E-state index is 9.44. The van der Waals surface area contributed by atoms with Gasteiger partial charge in [-0.05, 0) is 53.8 Å². The Hall–Kier alpha value is -1.17. The zero-order valence-corrected chi connectivity index (χ0v) is 15.6. The highest BCUT2D eigenvalue weighted by Gasteiger charge is 2.14. The molecule has 5 heteroatoms. The fraction of sp³-hybridized carbons (Fsp3) is 0.412. The number of thioether (sulfide) groups is 1. The molecule has 117 valence electrons. The highest BCUT2D eigenvalue weighted by Crippen LogP contribution is 2.19. The van der Waals surface area contributed by atoms with Crippen LogP contribution in [0.3, 0.4) is 0 Å². The van der Waals surface area contributed by atoms with Crippen molar-refractivity contribution in [1.82, 2.24) is 4.98 Å². The van der Waals surface area contributed by atoms with Crippen molar-refractivity contribution >= 4 is 20.8 Å². The molecule has 1 N–H and O–H groups in total. The minimum Gasteiger partial charge on any atom is -0.432 e. The molecule has 0 spiro atoms. The lowest BCUT2D eigenvalue weighted by atomic mass is 10.1. The van der Waals surface area contributed by atoms with Gasteiger partial charge in [-0.1, -0.05) is 24.3 Å². The average Bonchev–Trinajstić information content (AvgIpc) is 2.48. The van der Waals surface area contributed by atoms with E-state index in [9.17, 15) is 4.80 Å². The van der Waals surface area contributed by atoms with Crippen LogP contribution in [0.2, 0.25) is 12.6 Å². The zero-order valence-electron chi connectivity index (χ0n) is 13.8. The Morgan fingerprint density at radius 3 is 2.45 bits per heavy atom. The molecule has 0 amide bonds. The third-order valence-electron chi connectivity index (χ3n) is 3.67. The van der Waals surface area contributed by atoms with Crippen molar-refractivity contribution in [2.75, 3.05) is 0 Å². The minimum absolute atomic E-state index is 0.918. The first-order valence-electron chi connectivity index (χ1n) is 7.52. The van der Waals surface area contributed by atoms with Gasteiger partial charge in [-0.25, -0.2) is 4.57 Å². The third-order valence-corrected chi connectivity index (χ3v) is 5.75. The fourth-order valence-corrected chi connectivity index (χ4v) is 3.90. The Balaban J connectivity index is 1.97. The van der Waals surface area contributed by atoms with Gasteiger partial charge in [-0.15, -0.1) is 0 Å². The molecule has 22 heavy (non-hydrogen) atoms. The fourth-order valence-electron chi connectivity index (χ4n) is 2.21. The minimum atomic E-state index is -1.12. The number of nitrogens with zero attached hydrogens (tertiary/aromatic N) is 2. The highest BCUT2D eigenvalue weighted by atomic mass is 32.2. The Labute approximate surface area is 139 Å². The molecule has 0 aliphatic carbocycles. The molecule has 1 aromatic heterocycles. The van der Waals surface area contributed by atoms with Crippen molar-refractivity contribution in [2.45, 2.75) is 43.8 Å². The summed E-state index contributed by atoms with van der Waals surface area (Å²) >= 11 is 1.77. The maximum atomic E-state index is 9.44. The van der Waals surface area contributed by atoms with E-state index in [1.807, 2.05) is 13.5 Å². The first-order valence-corrected chi connectivity index (χ1v) is 10.7. The Bertz CT molecular complexity index is 629. The van der Waals surface area contributed by atoms with E-state index in [0.717, 1.165) is 29.1 Å². The molecule has 1 heterocycles. The molecule has 0 aliphatic heterocycles. The van der Waals surface area contributed by atoms with Crippen molar-refractivity contribution < 1.29 is 9.36 Å². The predicted octanol–water partition coefficient (Wildman–Crippen LogP) is 2.97. The van der Waals surface area contributed by atoms with Crippen molar-refractivity contribution in [1.29, 1.82) is 0 Å². The number of aromatic nitrogens is 2. The van der Waals surface area contributed by atoms with Gasteiger partial charge in [0.15, 0.2) is 5.69 Å². The standard InChI is InChI=1S/C17H24N2OSSi/c1-13-11-14(2)19(3)17(18-13)21-12-16-7-5-15(6-8-16)9-10-22(4)20/h5-8,11,20H,9-10,12H2,1-4H3/q+1. The van der Waals surface area contributed by atoms with Crippen molar-refractivity contribution in [3.05, 3.63) is 52.8 Å². The Morgan fingerprint density at radius 1 is 1.18 bits per heavy atom. The molecule has 2 aromatic rings. The van der Waals surface area contributed by atoms with Crippen LogP contribution in [-0.4, -0.2) is 18.8 Å². The second-order valence-electron chi connectivity index (χ2n) is 5.72. The van der Waals surface area contributed by atoms with E-state index in [1.165, 1.54) is 16.8 Å². The summed E-state index contributed by atoms with van der Waals surface area (Å²) in [7, 11) is 0.946. The lowest BCUT2D eigenvalue weighted by molar-refractivity contribution is -0.719. The topological polar surface area (TPSA) is 37.0 Å². The summed E-state index contributed by atoms with van der Waals surface area (Å²) in [6, 6.07) is 11.7. The van der Waals surface area contributed by atoms with E-state index in [1.54, 1.807) is 11.8 Å². The van der Waals surface area contributed by atoms with Gasteiger partial charge in [-0.2, -0.15) is 0 Å². The van der Waals surface area contributed by atoms with Gasteiger partial charge >= 0.3 is 5.16 Å². The van der Waals surface area contributed by atoms with Crippen LogP contribution in [0.4, 0.5) is 0 Å². The normalized spacial score (nSPS) is 11.2. The lowest BCUT2D eigenvalue weighted by Gasteiger charge is -2.05. The first-order chi connectivity index (χ1) is 10.5. The molecule has 3 nitrogen and oxygen atoms in total. The quantitative estimate of drug-likeness (QED) is 0.382. The summed E-state index contributed by atoms with van der Waals surface area (Å²) < 4.78 is 2.14. The number of hydrogen-bond donors (Lipinski definition) is 1. The zero-order chi connectivity index (χ0) is 16.1. The van der Waals surface area contributed by atoms with Gasteiger partial charge < -0.3 is 4.80 Å². The second kappa shape index (κ2) is 7.90. The number of benzene rings is 1. The largest absolute Gasteiger partial charge is 0.432 e. The number of hydrogen-bond acceptors (Lipinski definition) is 3. The van der Waals surface area contributed by atoms with Crippen molar-refractivity contribution in [2.24, 2.45) is 7.05 Å². The van der Waals surface area contributed by atoms with Gasteiger partial charge in [-0.3, -0.25) is 0 Å². The van der Waals surface area contributed by atoms with Crippen LogP contribution in [0.25, 0.3) is 0 Å². The molecular formula is C17H24N2OSSi+. The predicted molar refractivity (Wildman–Crippen MR) is 93.2 cm³/mol. The number of rotatable bonds is 6. The molecule has 0 unspecified atom stereocenters. The van der Waals surface area contributed by atoms with Crippen LogP contribution in [0.1, 0.15) is 22.5 Å². The summed E-state index contributed by atoms with van der Waals surface area (Å²) in [5.41, 5.74) is 4.91. The molecule has 0 saturated carbocycles. The van der Waals surface area contributed by atoms with Gasteiger partial charge in [0.1, 0.15) is 5.69 Å². The van der Waals surface area contributed by atoms with Crippen LogP contribution >= 0.6 is 11.8 Å². The molecule has 0 atom stereocenters. The lowest BCUT2D eigenvalue weighted by Crippen LogP contribution is -2.36. The van der Waals surface area contributed by atoms with Gasteiger partial charge in [0.05, 0.1) is 7.05 Å². The molecule has 0 fully saturated rings. The summed E-state index contributed by atoms with van der Waals surface area (Å²) in [6.07, 6.45) is 0.975. The molecular weight excluding hydrogens is 308 g/mol. The monoisotopic (exact) mass is 332 g/mol. The SMILES string of the molecule is Cc1cc(C)[n+](C)c(SCc2ccc(CC[Si](C)O)cc2)n1. The second-order valence-corrected chi connectivity index (χ2v) is 8.63. The van der Waals surface area contributed by atoms with Crippen LogP contribution in [0.5, 0.6) is 0 Å². The Kier molecular flexibility index (Phi) is 6.17. The first kappa shape index (κ1) is 17.2. The van der Waals surface area contributed by atoms with E-state index in [2.05, 4.69) is 53.9 Å². The number of aryl methyl sites for hydroxylation is 3. The van der Waals surface area contributed by atoms with E-state index >= 15 is 0 Å². The maximum Gasteiger partial charge on any atom is 0.359 e. The molecule has 2 rings (SSSR count). The molecule has 0 bridgehead atoms. The average molecular weight is 333 g/mol. The van der Waals surface area contributed by atoms with E-state index in [4.69, 9.17) is 0 Å². The van der Waals surface area contributed by atoms with Crippen molar-refractivity contribution in [3.8, 4) is 0 Å². The van der Waals surface area contributed by atoms with E-state index in [0.29, 0.717) is 0 Å². The van der Waals surface area contributed by atoms with Gasteiger partial charge in [0.25, 0.3) is 0 Å². The summed E-state index contributed by atoms with van der Waals surface area (Å²) in [6.45, 7) is 6.08. The van der Waals surface area contributed by atoms with E-state index in [-0.39, 0.29) is 0 Å². The van der Waals surface area contributed by atoms with Crippen LogP contribution < -0.4 is 4.57 Å². The van der Waals surface area contributed by atoms with Crippen molar-refractivity contribution in [3.63, 3.8) is 0 Å². The van der Waals surface area contributed by atoms with E-state index < -0.39 is 9.04 Å². The Morgan fingerprint density at radius 2 is 1.82 bits per heavy atom.